The summed E-state index contributed by atoms with van der Waals surface area (Å²) in [5, 5.41) is 8.39. The lowest BCUT2D eigenvalue weighted by molar-refractivity contribution is 0.300. The van der Waals surface area contributed by atoms with Gasteiger partial charge in [0.15, 0.2) is 0 Å². The summed E-state index contributed by atoms with van der Waals surface area (Å²) < 4.78 is 1.90. The molecule has 1 N–H and O–H groups in total. The molecule has 3 nitrogen and oxygen atoms in total. The highest BCUT2D eigenvalue weighted by Gasteiger charge is 2.23. The molecule has 1 aromatic rings. The third-order valence-corrected chi connectivity index (χ3v) is 4.20. The number of halogens is 1. The molecular formula is C13H22ClN3. The molecule has 1 atom stereocenters. The summed E-state index contributed by atoms with van der Waals surface area (Å²) in [5.74, 6) is 0.840. The van der Waals surface area contributed by atoms with Crippen molar-refractivity contribution in [2.24, 2.45) is 13.0 Å². The van der Waals surface area contributed by atoms with Crippen molar-refractivity contribution in [3.05, 3.63) is 16.9 Å². The van der Waals surface area contributed by atoms with E-state index in [0.29, 0.717) is 6.04 Å². The molecule has 1 aliphatic carbocycles. The average Bonchev–Trinajstić information content (AvgIpc) is 2.68. The molecule has 4 heteroatoms. The maximum atomic E-state index is 6.21. The van der Waals surface area contributed by atoms with Gasteiger partial charge < -0.3 is 5.32 Å². The van der Waals surface area contributed by atoms with Crippen LogP contribution in [0.3, 0.4) is 0 Å². The van der Waals surface area contributed by atoms with Crippen LogP contribution in [0.1, 0.15) is 50.3 Å². The number of hydrogen-bond acceptors (Lipinski definition) is 2. The molecule has 0 saturated heterocycles. The SMILES string of the molecule is CNC(CC1CCCCC1)c1c(Cl)cnn1C. The van der Waals surface area contributed by atoms with E-state index in [1.54, 1.807) is 6.20 Å². The minimum Gasteiger partial charge on any atom is -0.312 e. The van der Waals surface area contributed by atoms with Crippen molar-refractivity contribution in [3.8, 4) is 0 Å². The first-order chi connectivity index (χ1) is 8.22. The molecule has 17 heavy (non-hydrogen) atoms. The van der Waals surface area contributed by atoms with Gasteiger partial charge in [-0.2, -0.15) is 5.10 Å². The summed E-state index contributed by atoms with van der Waals surface area (Å²) >= 11 is 6.21. The number of nitrogens with one attached hydrogen (secondary N) is 1. The molecular weight excluding hydrogens is 234 g/mol. The third-order valence-electron chi connectivity index (χ3n) is 3.91. The Morgan fingerprint density at radius 1 is 1.47 bits per heavy atom. The van der Waals surface area contributed by atoms with Crippen LogP contribution in [0.15, 0.2) is 6.20 Å². The summed E-state index contributed by atoms with van der Waals surface area (Å²) in [6.45, 7) is 0. The van der Waals surface area contributed by atoms with Crippen molar-refractivity contribution in [2.45, 2.75) is 44.6 Å². The zero-order chi connectivity index (χ0) is 12.3. The Hall–Kier alpha value is -0.540. The van der Waals surface area contributed by atoms with E-state index in [4.69, 9.17) is 11.6 Å². The number of nitrogens with zero attached hydrogens (tertiary/aromatic N) is 2. The second-order valence-corrected chi connectivity index (χ2v) is 5.49. The summed E-state index contributed by atoms with van der Waals surface area (Å²) in [6.07, 6.45) is 9.84. The molecule has 1 aliphatic rings. The Morgan fingerprint density at radius 3 is 2.71 bits per heavy atom. The normalized spacial score (nSPS) is 19.5. The molecule has 1 heterocycles. The molecule has 1 aromatic heterocycles. The molecule has 2 rings (SSSR count). The molecule has 0 radical (unpaired) electrons. The molecule has 1 unspecified atom stereocenters. The largest absolute Gasteiger partial charge is 0.312 e. The van der Waals surface area contributed by atoms with Crippen molar-refractivity contribution in [1.29, 1.82) is 0 Å². The maximum Gasteiger partial charge on any atom is 0.0833 e. The van der Waals surface area contributed by atoms with Crippen molar-refractivity contribution >= 4 is 11.6 Å². The van der Waals surface area contributed by atoms with E-state index in [0.717, 1.165) is 16.6 Å². The molecule has 0 aliphatic heterocycles. The molecule has 0 aromatic carbocycles. The Bertz CT molecular complexity index is 336. The van der Waals surface area contributed by atoms with Crippen LogP contribution in [-0.4, -0.2) is 16.8 Å². The van der Waals surface area contributed by atoms with Gasteiger partial charge in [-0.15, -0.1) is 0 Å². The number of aromatic nitrogens is 2. The molecule has 0 spiro atoms. The van der Waals surface area contributed by atoms with Gasteiger partial charge in [-0.25, -0.2) is 0 Å². The fourth-order valence-corrected chi connectivity index (χ4v) is 3.23. The van der Waals surface area contributed by atoms with Crippen LogP contribution in [0.4, 0.5) is 0 Å². The summed E-state index contributed by atoms with van der Waals surface area (Å²) in [7, 11) is 3.98. The van der Waals surface area contributed by atoms with E-state index in [-0.39, 0.29) is 0 Å². The van der Waals surface area contributed by atoms with Crippen molar-refractivity contribution in [3.63, 3.8) is 0 Å². The van der Waals surface area contributed by atoms with Crippen LogP contribution >= 0.6 is 11.6 Å². The van der Waals surface area contributed by atoms with Gasteiger partial charge in [-0.05, 0) is 19.4 Å². The molecule has 0 bridgehead atoms. The van der Waals surface area contributed by atoms with Gasteiger partial charge in [-0.3, -0.25) is 4.68 Å². The minimum absolute atomic E-state index is 0.332. The van der Waals surface area contributed by atoms with Crippen molar-refractivity contribution < 1.29 is 0 Å². The van der Waals surface area contributed by atoms with Crippen LogP contribution in [0.25, 0.3) is 0 Å². The highest BCUT2D eigenvalue weighted by Crippen LogP contribution is 2.33. The monoisotopic (exact) mass is 255 g/mol. The fourth-order valence-electron chi connectivity index (χ4n) is 2.93. The lowest BCUT2D eigenvalue weighted by Gasteiger charge is -2.26. The third kappa shape index (κ3) is 3.02. The van der Waals surface area contributed by atoms with E-state index in [1.165, 1.54) is 38.5 Å². The summed E-state index contributed by atoms with van der Waals surface area (Å²) in [6, 6.07) is 0.332. The lowest BCUT2D eigenvalue weighted by Crippen LogP contribution is -2.23. The van der Waals surface area contributed by atoms with Gasteiger partial charge in [0, 0.05) is 7.05 Å². The van der Waals surface area contributed by atoms with E-state index < -0.39 is 0 Å². The van der Waals surface area contributed by atoms with Gasteiger partial charge in [0.2, 0.25) is 0 Å². The van der Waals surface area contributed by atoms with Crippen LogP contribution in [0.2, 0.25) is 5.02 Å². The van der Waals surface area contributed by atoms with Gasteiger partial charge in [0.25, 0.3) is 0 Å². The highest BCUT2D eigenvalue weighted by molar-refractivity contribution is 6.31. The predicted molar refractivity (Wildman–Crippen MR) is 71.2 cm³/mol. The quantitative estimate of drug-likeness (QED) is 0.895. The fraction of sp³-hybridized carbons (Fsp3) is 0.769. The van der Waals surface area contributed by atoms with Gasteiger partial charge in [-0.1, -0.05) is 43.7 Å². The first-order valence-electron chi connectivity index (χ1n) is 6.57. The Kier molecular flexibility index (Phi) is 4.46. The predicted octanol–water partition coefficient (Wildman–Crippen LogP) is 3.30. The molecule has 0 amide bonds. The molecule has 96 valence electrons. The second-order valence-electron chi connectivity index (χ2n) is 5.08. The van der Waals surface area contributed by atoms with Gasteiger partial charge >= 0.3 is 0 Å². The van der Waals surface area contributed by atoms with Crippen LogP contribution in [0.5, 0.6) is 0 Å². The zero-order valence-corrected chi connectivity index (χ0v) is 11.5. The van der Waals surface area contributed by atoms with E-state index in [1.807, 2.05) is 18.8 Å². The van der Waals surface area contributed by atoms with Gasteiger partial charge in [0.1, 0.15) is 0 Å². The maximum absolute atomic E-state index is 6.21. The van der Waals surface area contributed by atoms with Crippen molar-refractivity contribution in [1.82, 2.24) is 15.1 Å². The van der Waals surface area contributed by atoms with Crippen molar-refractivity contribution in [2.75, 3.05) is 7.05 Å². The number of aryl methyl sites for hydroxylation is 1. The highest BCUT2D eigenvalue weighted by atomic mass is 35.5. The standard InChI is InChI=1S/C13H22ClN3/c1-15-12(8-10-6-4-3-5-7-10)13-11(14)9-16-17(13)2/h9-10,12,15H,3-8H2,1-2H3. The summed E-state index contributed by atoms with van der Waals surface area (Å²) in [5.41, 5.74) is 1.12. The van der Waals surface area contributed by atoms with E-state index >= 15 is 0 Å². The van der Waals surface area contributed by atoms with Crippen LogP contribution in [0, 0.1) is 5.92 Å². The summed E-state index contributed by atoms with van der Waals surface area (Å²) in [4.78, 5) is 0. The number of rotatable bonds is 4. The lowest BCUT2D eigenvalue weighted by atomic mass is 9.84. The van der Waals surface area contributed by atoms with Crippen LogP contribution < -0.4 is 5.32 Å². The molecule has 1 saturated carbocycles. The number of hydrogen-bond donors (Lipinski definition) is 1. The first kappa shape index (κ1) is 12.9. The smallest absolute Gasteiger partial charge is 0.0833 e. The molecule has 1 fully saturated rings. The first-order valence-corrected chi connectivity index (χ1v) is 6.94. The second kappa shape index (κ2) is 5.87. The van der Waals surface area contributed by atoms with E-state index in [9.17, 15) is 0 Å². The Balaban J connectivity index is 2.05. The Labute approximate surface area is 109 Å². The zero-order valence-electron chi connectivity index (χ0n) is 10.7. The topological polar surface area (TPSA) is 29.9 Å². The van der Waals surface area contributed by atoms with Crippen LogP contribution in [-0.2, 0) is 7.05 Å². The van der Waals surface area contributed by atoms with E-state index in [2.05, 4.69) is 10.4 Å². The van der Waals surface area contributed by atoms with Gasteiger partial charge in [0.05, 0.1) is 23.0 Å². The average molecular weight is 256 g/mol. The Morgan fingerprint density at radius 2 is 2.18 bits per heavy atom. The minimum atomic E-state index is 0.332.